The van der Waals surface area contributed by atoms with Gasteiger partial charge in [0.1, 0.15) is 11.9 Å². The van der Waals surface area contributed by atoms with Crippen molar-refractivity contribution in [1.29, 1.82) is 0 Å². The highest BCUT2D eigenvalue weighted by Gasteiger charge is 2.35. The predicted octanol–water partition coefficient (Wildman–Crippen LogP) is 4.60. The lowest BCUT2D eigenvalue weighted by molar-refractivity contribution is 0.0229. The normalized spacial score (nSPS) is 14.4. The Morgan fingerprint density at radius 2 is 1.74 bits per heavy atom. The maximum atomic E-state index is 12.1. The molecule has 2 amide bonds. The number of phosphoric ester groups is 1. The number of carbonyl (C=O) groups excluding carboxylic acids is 1. The van der Waals surface area contributed by atoms with Crippen molar-refractivity contribution in [2.24, 2.45) is 0 Å². The molecule has 9 heteroatoms. The van der Waals surface area contributed by atoms with Gasteiger partial charge in [-0.2, -0.15) is 0 Å². The van der Waals surface area contributed by atoms with Gasteiger partial charge in [-0.15, -0.1) is 0 Å². The summed E-state index contributed by atoms with van der Waals surface area (Å²) in [6.45, 7) is 3.62. The van der Waals surface area contributed by atoms with Gasteiger partial charge >= 0.3 is 13.9 Å². The number of nitrogens with one attached hydrogen (secondary N) is 1. The molecule has 0 atom stereocenters. The number of phosphoric acid groups is 1. The fourth-order valence-corrected chi connectivity index (χ4v) is 4.02. The van der Waals surface area contributed by atoms with E-state index in [4.69, 9.17) is 14.5 Å². The van der Waals surface area contributed by atoms with Crippen LogP contribution in [0.15, 0.2) is 24.3 Å². The summed E-state index contributed by atoms with van der Waals surface area (Å²) in [6.07, 6.45) is 10.9. The van der Waals surface area contributed by atoms with Crippen LogP contribution in [0, 0.1) is 0 Å². The molecule has 0 spiro atoms. The summed E-state index contributed by atoms with van der Waals surface area (Å²) in [5, 5.41) is 2.80. The van der Waals surface area contributed by atoms with Crippen molar-refractivity contribution >= 4 is 13.9 Å². The zero-order chi connectivity index (χ0) is 22.5. The molecule has 0 aromatic heterocycles. The Morgan fingerprint density at radius 1 is 1.10 bits per heavy atom. The van der Waals surface area contributed by atoms with Crippen LogP contribution in [0.3, 0.4) is 0 Å². The van der Waals surface area contributed by atoms with Crippen molar-refractivity contribution in [1.82, 2.24) is 10.2 Å². The Morgan fingerprint density at radius 3 is 2.39 bits per heavy atom. The molecular weight excluding hydrogens is 419 g/mol. The highest BCUT2D eigenvalue weighted by molar-refractivity contribution is 7.46. The summed E-state index contributed by atoms with van der Waals surface area (Å²) in [4.78, 5) is 31.1. The third-order valence-corrected chi connectivity index (χ3v) is 5.85. The summed E-state index contributed by atoms with van der Waals surface area (Å²) in [5.74, 6) is 0.797. The van der Waals surface area contributed by atoms with Gasteiger partial charge in [0.15, 0.2) is 0 Å². The minimum absolute atomic E-state index is 0.166. The fraction of sp³-hybridized carbons (Fsp3) is 0.682. The van der Waals surface area contributed by atoms with Crippen molar-refractivity contribution in [2.45, 2.75) is 77.4 Å². The Balaban J connectivity index is 1.55. The fourth-order valence-electron chi connectivity index (χ4n) is 3.50. The van der Waals surface area contributed by atoms with Crippen molar-refractivity contribution in [3.05, 3.63) is 29.8 Å². The molecule has 0 saturated carbocycles. The Bertz CT molecular complexity index is 705. The first kappa shape index (κ1) is 25.7. The van der Waals surface area contributed by atoms with E-state index in [1.54, 1.807) is 0 Å². The van der Waals surface area contributed by atoms with Crippen LogP contribution in [0.4, 0.5) is 4.79 Å². The molecule has 2 rings (SSSR count). The lowest BCUT2D eigenvalue weighted by atomic mass is 10.1. The second-order valence-electron chi connectivity index (χ2n) is 8.11. The Labute approximate surface area is 185 Å². The highest BCUT2D eigenvalue weighted by atomic mass is 31.2. The number of amides is 2. The Kier molecular flexibility index (Phi) is 11.4. The highest BCUT2D eigenvalue weighted by Crippen LogP contribution is 2.39. The number of benzene rings is 1. The van der Waals surface area contributed by atoms with Gasteiger partial charge in [-0.25, -0.2) is 9.36 Å². The third-order valence-electron chi connectivity index (χ3n) is 5.28. The number of urea groups is 1. The first-order chi connectivity index (χ1) is 14.9. The van der Waals surface area contributed by atoms with Crippen LogP contribution < -0.4 is 10.1 Å². The molecule has 176 valence electrons. The molecule has 1 aliphatic heterocycles. The van der Waals surface area contributed by atoms with Gasteiger partial charge in [0.05, 0.1) is 19.7 Å². The van der Waals surface area contributed by atoms with E-state index in [1.165, 1.54) is 56.3 Å². The molecule has 3 N–H and O–H groups in total. The zero-order valence-corrected chi connectivity index (χ0v) is 19.4. The second-order valence-corrected chi connectivity index (χ2v) is 9.30. The summed E-state index contributed by atoms with van der Waals surface area (Å²) < 4.78 is 21.2. The van der Waals surface area contributed by atoms with Crippen LogP contribution >= 0.6 is 7.82 Å². The molecule has 0 unspecified atom stereocenters. The number of likely N-dealkylation sites (tertiary alicyclic amines) is 1. The van der Waals surface area contributed by atoms with Gasteiger partial charge in [-0.05, 0) is 24.1 Å². The average Bonchev–Trinajstić information content (AvgIpc) is 2.69. The number of hydrogen-bond donors (Lipinski definition) is 3. The number of carbonyl (C=O) groups is 1. The van der Waals surface area contributed by atoms with Gasteiger partial charge in [0, 0.05) is 6.54 Å². The van der Waals surface area contributed by atoms with E-state index in [0.717, 1.165) is 17.7 Å². The molecule has 1 heterocycles. The maximum absolute atomic E-state index is 12.1. The molecule has 8 nitrogen and oxygen atoms in total. The van der Waals surface area contributed by atoms with E-state index in [2.05, 4.69) is 16.8 Å². The first-order valence-electron chi connectivity index (χ1n) is 11.4. The molecule has 0 radical (unpaired) electrons. The number of unbranched alkanes of at least 4 members (excludes halogenated alkanes) is 8. The van der Waals surface area contributed by atoms with Crippen LogP contribution in [0.5, 0.6) is 5.75 Å². The van der Waals surface area contributed by atoms with Crippen molar-refractivity contribution in [3.63, 3.8) is 0 Å². The quantitative estimate of drug-likeness (QED) is 0.263. The van der Waals surface area contributed by atoms with Crippen LogP contribution in [0.1, 0.15) is 70.3 Å². The van der Waals surface area contributed by atoms with Crippen molar-refractivity contribution < 1.29 is 28.4 Å². The summed E-state index contributed by atoms with van der Waals surface area (Å²) in [5.41, 5.74) is 0.932. The van der Waals surface area contributed by atoms with Gasteiger partial charge < -0.3 is 24.7 Å². The average molecular weight is 457 g/mol. The maximum Gasteiger partial charge on any atom is 0.469 e. The molecule has 1 aromatic rings. The van der Waals surface area contributed by atoms with E-state index in [-0.39, 0.29) is 19.1 Å². The van der Waals surface area contributed by atoms with E-state index < -0.39 is 13.9 Å². The number of hydrogen-bond acceptors (Lipinski definition) is 4. The minimum atomic E-state index is -4.51. The van der Waals surface area contributed by atoms with E-state index in [9.17, 15) is 9.36 Å². The van der Waals surface area contributed by atoms with Crippen molar-refractivity contribution in [3.8, 4) is 5.75 Å². The molecule has 31 heavy (non-hydrogen) atoms. The van der Waals surface area contributed by atoms with Crippen LogP contribution in [0.25, 0.3) is 0 Å². The summed E-state index contributed by atoms with van der Waals surface area (Å²) in [7, 11) is -4.51. The molecule has 0 aliphatic carbocycles. The van der Waals surface area contributed by atoms with E-state index in [0.29, 0.717) is 13.2 Å². The van der Waals surface area contributed by atoms with E-state index >= 15 is 0 Å². The van der Waals surface area contributed by atoms with Gasteiger partial charge in [0.2, 0.25) is 0 Å². The summed E-state index contributed by atoms with van der Waals surface area (Å²) >= 11 is 0. The van der Waals surface area contributed by atoms with Crippen molar-refractivity contribution in [2.75, 3.05) is 19.7 Å². The number of rotatable bonds is 15. The SMILES string of the molecule is CCCCCCCCCCCOc1cccc(CNC(=O)N2CC(OP(=O)(O)O)C2)c1. The van der Waals surface area contributed by atoms with Gasteiger partial charge in [0.25, 0.3) is 0 Å². The first-order valence-corrected chi connectivity index (χ1v) is 12.9. The molecule has 0 bridgehead atoms. The lowest BCUT2D eigenvalue weighted by Gasteiger charge is -2.38. The number of nitrogens with zero attached hydrogens (tertiary/aromatic N) is 1. The van der Waals surface area contributed by atoms with Crippen LogP contribution in [-0.4, -0.2) is 46.5 Å². The minimum Gasteiger partial charge on any atom is -0.494 e. The smallest absolute Gasteiger partial charge is 0.469 e. The third kappa shape index (κ3) is 11.0. The van der Waals surface area contributed by atoms with Crippen LogP contribution in [-0.2, 0) is 15.6 Å². The largest absolute Gasteiger partial charge is 0.494 e. The van der Waals surface area contributed by atoms with E-state index in [1.807, 2.05) is 24.3 Å². The lowest BCUT2D eigenvalue weighted by Crippen LogP contribution is -2.57. The molecule has 1 saturated heterocycles. The molecular formula is C22H37N2O6P. The van der Waals surface area contributed by atoms with Gasteiger partial charge in [-0.3, -0.25) is 4.52 Å². The summed E-state index contributed by atoms with van der Waals surface area (Å²) in [6, 6.07) is 7.37. The van der Waals surface area contributed by atoms with Gasteiger partial charge in [-0.1, -0.05) is 70.4 Å². The monoisotopic (exact) mass is 456 g/mol. The second kappa shape index (κ2) is 13.7. The Hall–Kier alpha value is -1.60. The predicted molar refractivity (Wildman–Crippen MR) is 120 cm³/mol. The molecule has 1 aromatic carbocycles. The topological polar surface area (TPSA) is 108 Å². The molecule has 1 aliphatic rings. The molecule has 1 fully saturated rings. The zero-order valence-electron chi connectivity index (χ0n) is 18.5. The standard InChI is InChI=1S/C22H37N2O6P/c1-2-3-4-5-6-7-8-9-10-14-29-20-13-11-12-19(15-20)16-23-22(25)24-17-21(18-24)30-31(26,27)28/h11-13,15,21H,2-10,14,16-18H2,1H3,(H,23,25)(H2,26,27,28). The number of ether oxygens (including phenoxy) is 1. The van der Waals surface area contributed by atoms with Crippen LogP contribution in [0.2, 0.25) is 0 Å².